The summed E-state index contributed by atoms with van der Waals surface area (Å²) in [5.74, 6) is 0.334. The van der Waals surface area contributed by atoms with Crippen molar-refractivity contribution in [2.75, 3.05) is 39.3 Å². The van der Waals surface area contributed by atoms with Gasteiger partial charge in [-0.25, -0.2) is 0 Å². The van der Waals surface area contributed by atoms with Crippen LogP contribution in [0.4, 0.5) is 0 Å². The molecule has 0 saturated carbocycles. The minimum absolute atomic E-state index is 0.334. The van der Waals surface area contributed by atoms with Gasteiger partial charge in [-0.05, 0) is 32.9 Å². The number of piperazine rings is 1. The van der Waals surface area contributed by atoms with E-state index in [4.69, 9.17) is 0 Å². The SMILES string of the molecule is C[C@@H]1CNCCN1C(=O)CCN1CCCC1. The van der Waals surface area contributed by atoms with E-state index in [-0.39, 0.29) is 0 Å². The second-order valence-corrected chi connectivity index (χ2v) is 4.94. The highest BCUT2D eigenvalue weighted by molar-refractivity contribution is 5.76. The van der Waals surface area contributed by atoms with Gasteiger partial charge in [0.2, 0.25) is 5.91 Å². The van der Waals surface area contributed by atoms with Crippen LogP contribution in [0.5, 0.6) is 0 Å². The third-order valence-corrected chi connectivity index (χ3v) is 3.66. The van der Waals surface area contributed by atoms with Gasteiger partial charge in [0.1, 0.15) is 0 Å². The Bertz CT molecular complexity index is 238. The van der Waals surface area contributed by atoms with E-state index in [1.165, 1.54) is 25.9 Å². The summed E-state index contributed by atoms with van der Waals surface area (Å²) in [6.45, 7) is 8.21. The van der Waals surface area contributed by atoms with Gasteiger partial charge in [0.25, 0.3) is 0 Å². The van der Waals surface area contributed by atoms with Crippen molar-refractivity contribution in [1.29, 1.82) is 0 Å². The van der Waals surface area contributed by atoms with Crippen LogP contribution in [-0.4, -0.2) is 61.0 Å². The number of amides is 1. The maximum absolute atomic E-state index is 12.0. The third kappa shape index (κ3) is 2.95. The molecule has 0 radical (unpaired) electrons. The maximum Gasteiger partial charge on any atom is 0.224 e. The molecule has 16 heavy (non-hydrogen) atoms. The van der Waals surface area contributed by atoms with Gasteiger partial charge in [-0.2, -0.15) is 0 Å². The molecule has 2 rings (SSSR count). The Hall–Kier alpha value is -0.610. The highest BCUT2D eigenvalue weighted by Crippen LogP contribution is 2.10. The average Bonchev–Trinajstić information content (AvgIpc) is 2.79. The first-order valence-corrected chi connectivity index (χ1v) is 6.50. The summed E-state index contributed by atoms with van der Waals surface area (Å²) < 4.78 is 0. The molecule has 4 heteroatoms. The molecule has 0 aromatic rings. The van der Waals surface area contributed by atoms with Gasteiger partial charge in [0.15, 0.2) is 0 Å². The number of likely N-dealkylation sites (tertiary alicyclic amines) is 1. The maximum atomic E-state index is 12.0. The molecule has 4 nitrogen and oxygen atoms in total. The molecule has 2 aliphatic heterocycles. The Morgan fingerprint density at radius 2 is 2.06 bits per heavy atom. The summed E-state index contributed by atoms with van der Waals surface area (Å²) in [5, 5.41) is 3.31. The van der Waals surface area contributed by atoms with Gasteiger partial charge in [-0.15, -0.1) is 0 Å². The number of carbonyl (C=O) groups is 1. The predicted molar refractivity (Wildman–Crippen MR) is 64.3 cm³/mol. The molecular weight excluding hydrogens is 202 g/mol. The molecule has 0 aliphatic carbocycles. The normalized spacial score (nSPS) is 27.3. The summed E-state index contributed by atoms with van der Waals surface area (Å²) in [7, 11) is 0. The van der Waals surface area contributed by atoms with Crippen molar-refractivity contribution in [3.05, 3.63) is 0 Å². The molecule has 1 N–H and O–H groups in total. The lowest BCUT2D eigenvalue weighted by molar-refractivity contribution is -0.134. The second-order valence-electron chi connectivity index (χ2n) is 4.94. The van der Waals surface area contributed by atoms with Crippen LogP contribution < -0.4 is 5.32 Å². The molecule has 1 amide bonds. The molecule has 0 unspecified atom stereocenters. The Kier molecular flexibility index (Phi) is 4.18. The zero-order valence-electron chi connectivity index (χ0n) is 10.2. The molecule has 2 saturated heterocycles. The number of nitrogens with one attached hydrogen (secondary N) is 1. The molecular formula is C12H23N3O. The fourth-order valence-electron chi connectivity index (χ4n) is 2.62. The van der Waals surface area contributed by atoms with E-state index in [2.05, 4.69) is 17.1 Å². The van der Waals surface area contributed by atoms with E-state index in [1.54, 1.807) is 0 Å². The Morgan fingerprint density at radius 3 is 2.75 bits per heavy atom. The van der Waals surface area contributed by atoms with Gasteiger partial charge < -0.3 is 15.1 Å². The van der Waals surface area contributed by atoms with Crippen LogP contribution in [0.15, 0.2) is 0 Å². The molecule has 2 aliphatic rings. The van der Waals surface area contributed by atoms with Gasteiger partial charge in [-0.3, -0.25) is 4.79 Å². The molecule has 1 atom stereocenters. The standard InChI is InChI=1S/C12H23N3O/c1-11-10-13-5-9-15(11)12(16)4-8-14-6-2-3-7-14/h11,13H,2-10H2,1H3/t11-/m1/s1. The second kappa shape index (κ2) is 5.64. The van der Waals surface area contributed by atoms with Crippen LogP contribution in [0.25, 0.3) is 0 Å². The lowest BCUT2D eigenvalue weighted by Crippen LogP contribution is -2.52. The number of rotatable bonds is 3. The van der Waals surface area contributed by atoms with Crippen LogP contribution in [0.1, 0.15) is 26.2 Å². The summed E-state index contributed by atoms with van der Waals surface area (Å²) in [4.78, 5) is 16.5. The first-order chi connectivity index (χ1) is 7.77. The van der Waals surface area contributed by atoms with Gasteiger partial charge in [0.05, 0.1) is 0 Å². The van der Waals surface area contributed by atoms with E-state index in [9.17, 15) is 4.79 Å². The molecule has 0 spiro atoms. The zero-order valence-corrected chi connectivity index (χ0v) is 10.2. The van der Waals surface area contributed by atoms with Gasteiger partial charge in [0, 0.05) is 38.6 Å². The van der Waals surface area contributed by atoms with Crippen molar-refractivity contribution in [3.8, 4) is 0 Å². The predicted octanol–water partition coefficient (Wildman–Crippen LogP) is 0.293. The molecule has 92 valence electrons. The van der Waals surface area contributed by atoms with Crippen LogP contribution in [-0.2, 0) is 4.79 Å². The van der Waals surface area contributed by atoms with E-state index in [1.807, 2.05) is 4.90 Å². The lowest BCUT2D eigenvalue weighted by Gasteiger charge is -2.34. The summed E-state index contributed by atoms with van der Waals surface area (Å²) in [5.41, 5.74) is 0. The van der Waals surface area contributed by atoms with Crippen LogP contribution in [0, 0.1) is 0 Å². The third-order valence-electron chi connectivity index (χ3n) is 3.66. The minimum Gasteiger partial charge on any atom is -0.337 e. The monoisotopic (exact) mass is 225 g/mol. The molecule has 2 fully saturated rings. The summed E-state index contributed by atoms with van der Waals surface area (Å²) in [6, 6.07) is 0.361. The van der Waals surface area contributed by atoms with Crippen molar-refractivity contribution in [2.45, 2.75) is 32.2 Å². The fourth-order valence-corrected chi connectivity index (χ4v) is 2.62. The summed E-state index contributed by atoms with van der Waals surface area (Å²) in [6.07, 6.45) is 3.31. The number of carbonyl (C=O) groups excluding carboxylic acids is 1. The highest BCUT2D eigenvalue weighted by atomic mass is 16.2. The van der Waals surface area contributed by atoms with Crippen LogP contribution in [0.2, 0.25) is 0 Å². The van der Waals surface area contributed by atoms with Crippen molar-refractivity contribution in [3.63, 3.8) is 0 Å². The van der Waals surface area contributed by atoms with E-state index >= 15 is 0 Å². The average molecular weight is 225 g/mol. The first-order valence-electron chi connectivity index (χ1n) is 6.50. The van der Waals surface area contributed by atoms with Crippen LogP contribution >= 0.6 is 0 Å². The van der Waals surface area contributed by atoms with Gasteiger partial charge in [-0.1, -0.05) is 0 Å². The minimum atomic E-state index is 0.334. The molecule has 0 aromatic heterocycles. The van der Waals surface area contributed by atoms with E-state index in [0.717, 1.165) is 26.2 Å². The largest absolute Gasteiger partial charge is 0.337 e. The smallest absolute Gasteiger partial charge is 0.224 e. The lowest BCUT2D eigenvalue weighted by atomic mass is 10.2. The fraction of sp³-hybridized carbons (Fsp3) is 0.917. The van der Waals surface area contributed by atoms with Crippen molar-refractivity contribution >= 4 is 5.91 Å². The number of nitrogens with zero attached hydrogens (tertiary/aromatic N) is 2. The van der Waals surface area contributed by atoms with Crippen molar-refractivity contribution < 1.29 is 4.79 Å². The van der Waals surface area contributed by atoms with Gasteiger partial charge >= 0.3 is 0 Å². The molecule has 0 bridgehead atoms. The molecule has 2 heterocycles. The quantitative estimate of drug-likeness (QED) is 0.750. The first kappa shape index (κ1) is 11.9. The Morgan fingerprint density at radius 1 is 1.31 bits per heavy atom. The van der Waals surface area contributed by atoms with E-state index < -0.39 is 0 Å². The van der Waals surface area contributed by atoms with Crippen molar-refractivity contribution in [1.82, 2.24) is 15.1 Å². The highest BCUT2D eigenvalue weighted by Gasteiger charge is 2.23. The molecule has 0 aromatic carbocycles. The van der Waals surface area contributed by atoms with Crippen molar-refractivity contribution in [2.24, 2.45) is 0 Å². The Labute approximate surface area is 98.0 Å². The Balaban J connectivity index is 1.73. The number of hydrogen-bond acceptors (Lipinski definition) is 3. The topological polar surface area (TPSA) is 35.6 Å². The van der Waals surface area contributed by atoms with Crippen LogP contribution in [0.3, 0.4) is 0 Å². The summed E-state index contributed by atoms with van der Waals surface area (Å²) >= 11 is 0. The number of hydrogen-bond donors (Lipinski definition) is 1. The zero-order chi connectivity index (χ0) is 11.4. The van der Waals surface area contributed by atoms with E-state index in [0.29, 0.717) is 18.4 Å².